The summed E-state index contributed by atoms with van der Waals surface area (Å²) in [6, 6.07) is 0. The van der Waals surface area contributed by atoms with Gasteiger partial charge in [0, 0.05) is 34.8 Å². The van der Waals surface area contributed by atoms with Crippen LogP contribution in [0.15, 0.2) is 22.8 Å². The van der Waals surface area contributed by atoms with Crippen molar-refractivity contribution in [1.82, 2.24) is 0 Å². The molecule has 2 fully saturated rings. The average molecular weight is 499 g/mol. The van der Waals surface area contributed by atoms with Crippen molar-refractivity contribution < 1.29 is 24.2 Å². The third kappa shape index (κ3) is 3.70. The van der Waals surface area contributed by atoms with Crippen molar-refractivity contribution in [3.05, 3.63) is 22.8 Å². The zero-order valence-electron chi connectivity index (χ0n) is 23.6. The molecule has 0 amide bonds. The Morgan fingerprint density at radius 2 is 1.83 bits per heavy atom. The molecule has 36 heavy (non-hydrogen) atoms. The largest absolute Gasteiger partial charge is 0.466 e. The van der Waals surface area contributed by atoms with Gasteiger partial charge in [0.05, 0.1) is 13.2 Å². The molecule has 7 atom stereocenters. The van der Waals surface area contributed by atoms with E-state index in [1.54, 1.807) is 6.92 Å². The van der Waals surface area contributed by atoms with E-state index in [4.69, 9.17) is 4.74 Å². The Hall–Kier alpha value is -1.75. The normalized spacial score (nSPS) is 40.9. The van der Waals surface area contributed by atoms with Gasteiger partial charge in [0.15, 0.2) is 5.78 Å². The maximum absolute atomic E-state index is 13.9. The number of ketones is 2. The molecule has 5 heteroatoms. The number of carbonyl (C=O) groups is 3. The van der Waals surface area contributed by atoms with Crippen molar-refractivity contribution in [2.75, 3.05) is 7.11 Å². The summed E-state index contributed by atoms with van der Waals surface area (Å²) >= 11 is 0. The Balaban J connectivity index is 1.68. The van der Waals surface area contributed by atoms with Crippen LogP contribution in [0.2, 0.25) is 0 Å². The van der Waals surface area contributed by atoms with Crippen molar-refractivity contribution in [2.45, 2.75) is 106 Å². The van der Waals surface area contributed by atoms with Crippen LogP contribution in [0, 0.1) is 39.4 Å². The smallest absolute Gasteiger partial charge is 0.333 e. The number of methoxy groups -OCH3 is 1. The van der Waals surface area contributed by atoms with Gasteiger partial charge in [-0.3, -0.25) is 9.59 Å². The lowest BCUT2D eigenvalue weighted by Crippen LogP contribution is -2.59. The van der Waals surface area contributed by atoms with E-state index in [0.29, 0.717) is 36.7 Å². The molecule has 0 spiro atoms. The van der Waals surface area contributed by atoms with Crippen LogP contribution in [0.3, 0.4) is 0 Å². The number of aliphatic hydroxyl groups excluding tert-OH is 1. The van der Waals surface area contributed by atoms with E-state index in [2.05, 4.69) is 27.7 Å². The first-order chi connectivity index (χ1) is 16.6. The van der Waals surface area contributed by atoms with E-state index in [1.165, 1.54) is 7.11 Å². The number of rotatable bonds is 5. The Morgan fingerprint density at radius 1 is 1.17 bits per heavy atom. The highest BCUT2D eigenvalue weighted by Gasteiger charge is 2.67. The summed E-state index contributed by atoms with van der Waals surface area (Å²) in [4.78, 5) is 38.5. The van der Waals surface area contributed by atoms with Gasteiger partial charge in [-0.2, -0.15) is 0 Å². The molecular weight excluding hydrogens is 452 g/mol. The molecule has 0 heterocycles. The maximum atomic E-state index is 13.9. The van der Waals surface area contributed by atoms with E-state index < -0.39 is 11.5 Å². The first-order valence-corrected chi connectivity index (χ1v) is 13.9. The highest BCUT2D eigenvalue weighted by Crippen LogP contribution is 2.71. The summed E-state index contributed by atoms with van der Waals surface area (Å²) in [5.41, 5.74) is 1.20. The summed E-state index contributed by atoms with van der Waals surface area (Å²) in [6.45, 7) is 14.9. The van der Waals surface area contributed by atoms with E-state index in [0.717, 1.165) is 43.3 Å². The number of esters is 1. The van der Waals surface area contributed by atoms with Crippen molar-refractivity contribution in [2.24, 2.45) is 39.4 Å². The second-order valence-corrected chi connectivity index (χ2v) is 13.6. The number of fused-ring (bicyclic) bond motifs is 4. The Bertz CT molecular complexity index is 1030. The standard InChI is InChI=1S/C31H46O5/c1-18(10-9-11-19(2)27(35)36-8)20-12-15-30(6)26-21(32)16-23-28(3,4)24(34)13-14-29(23,5)25(26)22(33)17-31(20,30)7/h11,18,20,22-23,33H,9-10,12-17H2,1-8H3/t18-,20-,22-,23+,29+,30+,31-/m1/s1. The highest BCUT2D eigenvalue weighted by atomic mass is 16.5. The number of hydrogen-bond donors (Lipinski definition) is 1. The van der Waals surface area contributed by atoms with Gasteiger partial charge in [0.1, 0.15) is 5.78 Å². The molecule has 0 aromatic carbocycles. The van der Waals surface area contributed by atoms with Crippen LogP contribution in [0.1, 0.15) is 99.8 Å². The van der Waals surface area contributed by atoms with Crippen molar-refractivity contribution in [1.29, 1.82) is 0 Å². The first-order valence-electron chi connectivity index (χ1n) is 13.9. The average Bonchev–Trinajstić information content (AvgIpc) is 3.08. The molecule has 4 aliphatic carbocycles. The third-order valence-electron chi connectivity index (χ3n) is 11.6. The Labute approximate surface area is 217 Å². The molecule has 5 nitrogen and oxygen atoms in total. The van der Waals surface area contributed by atoms with Crippen LogP contribution < -0.4 is 0 Å². The first kappa shape index (κ1) is 27.3. The van der Waals surface area contributed by atoms with Crippen molar-refractivity contribution in [3.8, 4) is 0 Å². The second kappa shape index (κ2) is 8.92. The van der Waals surface area contributed by atoms with Gasteiger partial charge in [0.2, 0.25) is 0 Å². The number of ether oxygens (including phenoxy) is 1. The molecule has 1 N–H and O–H groups in total. The monoisotopic (exact) mass is 498 g/mol. The van der Waals surface area contributed by atoms with Crippen LogP contribution in [0.5, 0.6) is 0 Å². The molecule has 0 unspecified atom stereocenters. The van der Waals surface area contributed by atoms with Crippen LogP contribution in [-0.2, 0) is 19.1 Å². The summed E-state index contributed by atoms with van der Waals surface area (Å²) in [5.74, 6) is 0.859. The fourth-order valence-electron chi connectivity index (χ4n) is 9.21. The summed E-state index contributed by atoms with van der Waals surface area (Å²) in [5, 5.41) is 11.8. The Kier molecular flexibility index (Phi) is 6.76. The fraction of sp³-hybridized carbons (Fsp3) is 0.774. The fourth-order valence-corrected chi connectivity index (χ4v) is 9.21. The molecule has 0 bridgehead atoms. The van der Waals surface area contributed by atoms with Gasteiger partial charge >= 0.3 is 5.97 Å². The van der Waals surface area contributed by atoms with Gasteiger partial charge in [-0.15, -0.1) is 0 Å². The van der Waals surface area contributed by atoms with Crippen LogP contribution in [0.4, 0.5) is 0 Å². The lowest BCUT2D eigenvalue weighted by Gasteiger charge is -2.61. The molecule has 0 aromatic rings. The molecule has 200 valence electrons. The zero-order chi connectivity index (χ0) is 26.8. The van der Waals surface area contributed by atoms with Gasteiger partial charge in [0.25, 0.3) is 0 Å². The van der Waals surface area contributed by atoms with E-state index in [-0.39, 0.29) is 39.7 Å². The van der Waals surface area contributed by atoms with E-state index in [1.807, 2.05) is 19.9 Å². The third-order valence-corrected chi connectivity index (χ3v) is 11.6. The van der Waals surface area contributed by atoms with Crippen LogP contribution >= 0.6 is 0 Å². The number of hydrogen-bond acceptors (Lipinski definition) is 5. The number of Topliss-reactive ketones (excluding diaryl/α,β-unsaturated/α-hetero) is 2. The Morgan fingerprint density at radius 3 is 2.47 bits per heavy atom. The van der Waals surface area contributed by atoms with Crippen LogP contribution in [0.25, 0.3) is 0 Å². The predicted molar refractivity (Wildman–Crippen MR) is 140 cm³/mol. The molecule has 0 aliphatic heterocycles. The minimum absolute atomic E-state index is 0.0546. The molecule has 0 aromatic heterocycles. The van der Waals surface area contributed by atoms with Crippen LogP contribution in [-0.4, -0.2) is 35.9 Å². The topological polar surface area (TPSA) is 80.7 Å². The van der Waals surface area contributed by atoms with Gasteiger partial charge in [-0.25, -0.2) is 4.79 Å². The minimum Gasteiger partial charge on any atom is -0.466 e. The maximum Gasteiger partial charge on any atom is 0.333 e. The van der Waals surface area contributed by atoms with E-state index >= 15 is 0 Å². The lowest BCUT2D eigenvalue weighted by molar-refractivity contribution is -0.144. The summed E-state index contributed by atoms with van der Waals surface area (Å²) < 4.78 is 4.82. The van der Waals surface area contributed by atoms with Crippen molar-refractivity contribution >= 4 is 17.5 Å². The van der Waals surface area contributed by atoms with Gasteiger partial charge < -0.3 is 9.84 Å². The lowest BCUT2D eigenvalue weighted by atomic mass is 9.42. The van der Waals surface area contributed by atoms with Crippen molar-refractivity contribution in [3.63, 3.8) is 0 Å². The minimum atomic E-state index is -0.645. The van der Waals surface area contributed by atoms with Gasteiger partial charge in [-0.1, -0.05) is 47.6 Å². The molecule has 4 rings (SSSR count). The summed E-state index contributed by atoms with van der Waals surface area (Å²) in [6.07, 6.45) is 7.39. The van der Waals surface area contributed by atoms with E-state index in [9.17, 15) is 19.5 Å². The van der Waals surface area contributed by atoms with Gasteiger partial charge in [-0.05, 0) is 79.6 Å². The second-order valence-electron chi connectivity index (χ2n) is 13.6. The molecule has 0 radical (unpaired) electrons. The molecule has 4 aliphatic rings. The predicted octanol–water partition coefficient (Wildman–Crippen LogP) is 5.99. The number of allylic oxidation sites excluding steroid dienone is 2. The number of carbonyl (C=O) groups excluding carboxylic acids is 3. The molecule has 2 saturated carbocycles. The SMILES string of the molecule is COC(=O)C(C)=CCC[C@@H](C)[C@H]1CC[C@@]2(C)C3=C([C@H](O)C[C@]12C)[C@@]1(C)CCC(=O)C(C)(C)[C@@H]1CC3=O. The molecular formula is C31H46O5. The zero-order valence-corrected chi connectivity index (χ0v) is 23.6. The number of aliphatic hydroxyl groups is 1. The molecule has 0 saturated heterocycles. The summed E-state index contributed by atoms with van der Waals surface area (Å²) in [7, 11) is 1.40. The highest BCUT2D eigenvalue weighted by molar-refractivity contribution is 6.01. The quantitative estimate of drug-likeness (QED) is 0.372.